The normalized spacial score (nSPS) is 10.3. The molecule has 1 aromatic heterocycles. The molecule has 0 bridgehead atoms. The molecule has 0 saturated carbocycles. The van der Waals surface area contributed by atoms with Gasteiger partial charge in [-0.15, -0.1) is 0 Å². The molecule has 1 heterocycles. The zero-order valence-corrected chi connectivity index (χ0v) is 12.7. The fourth-order valence-corrected chi connectivity index (χ4v) is 1.95. The standard InChI is InChI=1S/C15H16Cl2N2O/c1-2-7-18-15-6-3-11(9-19-15)10-20-14-8-12(16)4-5-13(14)17/h3-6,8-9H,2,7,10H2,1H3,(H,18,19). The Morgan fingerprint density at radius 2 is 2.05 bits per heavy atom. The topological polar surface area (TPSA) is 34.1 Å². The molecule has 0 amide bonds. The molecule has 1 N–H and O–H groups in total. The van der Waals surface area contributed by atoms with E-state index >= 15 is 0 Å². The first-order chi connectivity index (χ1) is 9.69. The number of hydrogen-bond acceptors (Lipinski definition) is 3. The molecule has 1 aromatic carbocycles. The van der Waals surface area contributed by atoms with Crippen molar-refractivity contribution in [3.63, 3.8) is 0 Å². The molecule has 0 aliphatic heterocycles. The van der Waals surface area contributed by atoms with Crippen LogP contribution in [0.5, 0.6) is 5.75 Å². The molecule has 0 spiro atoms. The van der Waals surface area contributed by atoms with Crippen LogP contribution in [0.25, 0.3) is 0 Å². The molecule has 0 radical (unpaired) electrons. The van der Waals surface area contributed by atoms with Crippen LogP contribution in [-0.4, -0.2) is 11.5 Å². The van der Waals surface area contributed by atoms with Gasteiger partial charge in [-0.25, -0.2) is 4.98 Å². The van der Waals surface area contributed by atoms with E-state index in [1.807, 2.05) is 12.1 Å². The second-order valence-electron chi connectivity index (χ2n) is 4.34. The number of benzene rings is 1. The van der Waals surface area contributed by atoms with Crippen LogP contribution in [0.2, 0.25) is 10.0 Å². The average molecular weight is 311 g/mol. The van der Waals surface area contributed by atoms with Crippen molar-refractivity contribution in [1.82, 2.24) is 4.98 Å². The molecule has 2 rings (SSSR count). The van der Waals surface area contributed by atoms with Crippen LogP contribution < -0.4 is 10.1 Å². The highest BCUT2D eigenvalue weighted by molar-refractivity contribution is 6.34. The molecule has 0 aliphatic carbocycles. The summed E-state index contributed by atoms with van der Waals surface area (Å²) in [5.41, 5.74) is 0.975. The van der Waals surface area contributed by atoms with Gasteiger partial charge in [-0.2, -0.15) is 0 Å². The third-order valence-electron chi connectivity index (χ3n) is 2.67. The smallest absolute Gasteiger partial charge is 0.139 e. The highest BCUT2D eigenvalue weighted by Crippen LogP contribution is 2.28. The number of hydrogen-bond donors (Lipinski definition) is 1. The Labute approximate surface area is 128 Å². The lowest BCUT2D eigenvalue weighted by Gasteiger charge is -2.09. The van der Waals surface area contributed by atoms with Crippen molar-refractivity contribution >= 4 is 29.0 Å². The largest absolute Gasteiger partial charge is 0.487 e. The minimum absolute atomic E-state index is 0.404. The van der Waals surface area contributed by atoms with Crippen molar-refractivity contribution in [2.24, 2.45) is 0 Å². The van der Waals surface area contributed by atoms with Gasteiger partial charge in [0.05, 0.1) is 5.02 Å². The van der Waals surface area contributed by atoms with Crippen molar-refractivity contribution in [2.75, 3.05) is 11.9 Å². The molecule has 3 nitrogen and oxygen atoms in total. The Morgan fingerprint density at radius 1 is 1.20 bits per heavy atom. The van der Waals surface area contributed by atoms with Gasteiger partial charge in [-0.3, -0.25) is 0 Å². The van der Waals surface area contributed by atoms with Crippen molar-refractivity contribution in [3.8, 4) is 5.75 Å². The minimum atomic E-state index is 0.404. The summed E-state index contributed by atoms with van der Waals surface area (Å²) in [6.45, 7) is 3.44. The molecular weight excluding hydrogens is 295 g/mol. The number of ether oxygens (including phenoxy) is 1. The van der Waals surface area contributed by atoms with E-state index in [4.69, 9.17) is 27.9 Å². The van der Waals surface area contributed by atoms with Gasteiger partial charge in [0.25, 0.3) is 0 Å². The third-order valence-corrected chi connectivity index (χ3v) is 3.22. The third kappa shape index (κ3) is 4.29. The van der Waals surface area contributed by atoms with Gasteiger partial charge in [0.2, 0.25) is 0 Å². The van der Waals surface area contributed by atoms with E-state index in [-0.39, 0.29) is 0 Å². The van der Waals surface area contributed by atoms with E-state index in [0.717, 1.165) is 24.3 Å². The quantitative estimate of drug-likeness (QED) is 0.833. The van der Waals surface area contributed by atoms with Crippen LogP contribution in [0.3, 0.4) is 0 Å². The summed E-state index contributed by atoms with van der Waals surface area (Å²) in [4.78, 5) is 4.32. The predicted octanol–water partition coefficient (Wildman–Crippen LogP) is 4.79. The summed E-state index contributed by atoms with van der Waals surface area (Å²) in [6.07, 6.45) is 2.86. The zero-order valence-electron chi connectivity index (χ0n) is 11.2. The van der Waals surface area contributed by atoms with Crippen LogP contribution in [0.1, 0.15) is 18.9 Å². The van der Waals surface area contributed by atoms with Crippen molar-refractivity contribution < 1.29 is 4.74 Å². The molecule has 0 atom stereocenters. The fraction of sp³-hybridized carbons (Fsp3) is 0.267. The molecule has 2 aromatic rings. The summed E-state index contributed by atoms with van der Waals surface area (Å²) >= 11 is 11.9. The van der Waals surface area contributed by atoms with E-state index in [0.29, 0.717) is 22.4 Å². The van der Waals surface area contributed by atoms with Gasteiger partial charge in [0, 0.05) is 29.4 Å². The van der Waals surface area contributed by atoms with Crippen LogP contribution >= 0.6 is 23.2 Å². The van der Waals surface area contributed by atoms with Crippen LogP contribution in [0, 0.1) is 0 Å². The maximum atomic E-state index is 6.04. The molecule has 0 fully saturated rings. The number of rotatable bonds is 6. The van der Waals surface area contributed by atoms with Crippen molar-refractivity contribution in [2.45, 2.75) is 20.0 Å². The number of nitrogens with zero attached hydrogens (tertiary/aromatic N) is 1. The highest BCUT2D eigenvalue weighted by Gasteiger charge is 2.03. The number of halogens is 2. The van der Waals surface area contributed by atoms with Gasteiger partial charge < -0.3 is 10.1 Å². The van der Waals surface area contributed by atoms with Gasteiger partial charge in [0.1, 0.15) is 18.2 Å². The second-order valence-corrected chi connectivity index (χ2v) is 5.19. The summed E-state index contributed by atoms with van der Waals surface area (Å²) < 4.78 is 5.65. The van der Waals surface area contributed by atoms with Gasteiger partial charge >= 0.3 is 0 Å². The van der Waals surface area contributed by atoms with Crippen LogP contribution in [0.4, 0.5) is 5.82 Å². The van der Waals surface area contributed by atoms with E-state index in [2.05, 4.69) is 17.2 Å². The monoisotopic (exact) mass is 310 g/mol. The first-order valence-corrected chi connectivity index (χ1v) is 7.21. The van der Waals surface area contributed by atoms with Crippen LogP contribution in [-0.2, 0) is 6.61 Å². The first kappa shape index (κ1) is 14.9. The summed E-state index contributed by atoms with van der Waals surface area (Å²) in [6, 6.07) is 9.06. The Hall–Kier alpha value is -1.45. The lowest BCUT2D eigenvalue weighted by molar-refractivity contribution is 0.306. The molecule has 0 aliphatic rings. The second kappa shape index (κ2) is 7.36. The van der Waals surface area contributed by atoms with Gasteiger partial charge in [0.15, 0.2) is 0 Å². The Morgan fingerprint density at radius 3 is 2.75 bits per heavy atom. The lowest BCUT2D eigenvalue weighted by atomic mass is 10.3. The first-order valence-electron chi connectivity index (χ1n) is 6.45. The van der Waals surface area contributed by atoms with Crippen molar-refractivity contribution in [3.05, 3.63) is 52.1 Å². The maximum Gasteiger partial charge on any atom is 0.139 e. The number of nitrogens with one attached hydrogen (secondary N) is 1. The van der Waals surface area contributed by atoms with Gasteiger partial charge in [-0.05, 0) is 24.6 Å². The average Bonchev–Trinajstić information content (AvgIpc) is 2.47. The number of aromatic nitrogens is 1. The Bertz CT molecular complexity index is 558. The zero-order chi connectivity index (χ0) is 14.4. The Balaban J connectivity index is 1.95. The van der Waals surface area contributed by atoms with E-state index in [9.17, 15) is 0 Å². The lowest BCUT2D eigenvalue weighted by Crippen LogP contribution is -2.02. The summed E-state index contributed by atoms with van der Waals surface area (Å²) in [5, 5.41) is 4.37. The molecule has 0 saturated heterocycles. The minimum Gasteiger partial charge on any atom is -0.487 e. The molecule has 20 heavy (non-hydrogen) atoms. The Kier molecular flexibility index (Phi) is 5.50. The van der Waals surface area contributed by atoms with E-state index < -0.39 is 0 Å². The molecule has 106 valence electrons. The van der Waals surface area contributed by atoms with Gasteiger partial charge in [-0.1, -0.05) is 36.2 Å². The number of pyridine rings is 1. The van der Waals surface area contributed by atoms with E-state index in [1.165, 1.54) is 0 Å². The van der Waals surface area contributed by atoms with Crippen molar-refractivity contribution in [1.29, 1.82) is 0 Å². The highest BCUT2D eigenvalue weighted by atomic mass is 35.5. The number of anilines is 1. The van der Waals surface area contributed by atoms with Crippen LogP contribution in [0.15, 0.2) is 36.5 Å². The summed E-state index contributed by atoms with van der Waals surface area (Å²) in [5.74, 6) is 1.45. The molecule has 5 heteroatoms. The van der Waals surface area contributed by atoms with E-state index in [1.54, 1.807) is 24.4 Å². The molecule has 0 unspecified atom stereocenters. The maximum absolute atomic E-state index is 6.04. The fourth-order valence-electron chi connectivity index (χ4n) is 1.62. The molecular formula is C15H16Cl2N2O. The summed E-state index contributed by atoms with van der Waals surface area (Å²) in [7, 11) is 0. The predicted molar refractivity (Wildman–Crippen MR) is 83.8 cm³/mol. The SMILES string of the molecule is CCCNc1ccc(COc2cc(Cl)ccc2Cl)cn1.